The molecule has 2 aromatic rings. The van der Waals surface area contributed by atoms with Crippen molar-refractivity contribution in [1.29, 1.82) is 0 Å². The van der Waals surface area contributed by atoms with Crippen molar-refractivity contribution in [3.8, 4) is 0 Å². The Bertz CT molecular complexity index is 1040. The van der Waals surface area contributed by atoms with E-state index >= 15 is 0 Å². The fourth-order valence-corrected chi connectivity index (χ4v) is 3.63. The van der Waals surface area contributed by atoms with Crippen molar-refractivity contribution < 1.29 is 28.3 Å². The quantitative estimate of drug-likeness (QED) is 0.476. The second kappa shape index (κ2) is 8.16. The van der Waals surface area contributed by atoms with E-state index in [-0.39, 0.29) is 28.5 Å². The molecule has 2 heterocycles. The van der Waals surface area contributed by atoms with Crippen LogP contribution in [0.3, 0.4) is 0 Å². The summed E-state index contributed by atoms with van der Waals surface area (Å²) in [6.07, 6.45) is 1.10. The van der Waals surface area contributed by atoms with Crippen molar-refractivity contribution in [3.63, 3.8) is 0 Å². The zero-order valence-electron chi connectivity index (χ0n) is 16.3. The number of Topliss-reactive ketones (excluding diaryl/α,β-unsaturated/α-hetero) is 1. The molecule has 30 heavy (non-hydrogen) atoms. The predicted octanol–water partition coefficient (Wildman–Crippen LogP) is 2.69. The number of amides is 2. The summed E-state index contributed by atoms with van der Waals surface area (Å²) in [5, 5.41) is 14.3. The maximum Gasteiger partial charge on any atom is 0.294 e. The van der Waals surface area contributed by atoms with Crippen molar-refractivity contribution in [2.24, 2.45) is 0 Å². The Morgan fingerprint density at radius 3 is 2.57 bits per heavy atom. The number of hydrogen-bond donors (Lipinski definition) is 3. The lowest BCUT2D eigenvalue weighted by molar-refractivity contribution is -0.118. The molecule has 0 saturated heterocycles. The molecule has 0 atom stereocenters. The topological polar surface area (TPSA) is 100 Å². The maximum atomic E-state index is 13.4. The van der Waals surface area contributed by atoms with E-state index in [4.69, 9.17) is 11.6 Å². The fraction of sp³-hybridized carbons (Fsp3) is 0.350. The number of carbonyl (C=O) groups excluding carboxylic acids is 3. The molecule has 7 nitrogen and oxygen atoms in total. The molecule has 0 fully saturated rings. The number of carbonyl (C=O) groups is 3. The molecular weight excluding hydrogens is 420 g/mol. The highest BCUT2D eigenvalue weighted by atomic mass is 35.5. The lowest BCUT2D eigenvalue weighted by atomic mass is 10.1. The number of ketones is 1. The third kappa shape index (κ3) is 4.36. The normalized spacial score (nSPS) is 13.1. The zero-order chi connectivity index (χ0) is 22.2. The van der Waals surface area contributed by atoms with Crippen LogP contribution in [0.1, 0.15) is 46.8 Å². The Balaban J connectivity index is 1.90. The summed E-state index contributed by atoms with van der Waals surface area (Å²) >= 11 is 6.33. The van der Waals surface area contributed by atoms with E-state index in [0.29, 0.717) is 25.1 Å². The van der Waals surface area contributed by atoms with E-state index in [2.05, 4.69) is 10.6 Å². The van der Waals surface area contributed by atoms with Gasteiger partial charge in [-0.3, -0.25) is 14.4 Å². The first kappa shape index (κ1) is 21.9. The predicted molar refractivity (Wildman–Crippen MR) is 106 cm³/mol. The summed E-state index contributed by atoms with van der Waals surface area (Å²) in [4.78, 5) is 37.7. The van der Waals surface area contributed by atoms with E-state index in [1.54, 1.807) is 0 Å². The fourth-order valence-electron chi connectivity index (χ4n) is 3.25. The Labute approximate surface area is 176 Å². The molecule has 3 rings (SSSR count). The molecule has 0 bridgehead atoms. The molecule has 2 amide bonds. The van der Waals surface area contributed by atoms with Crippen molar-refractivity contribution in [2.45, 2.75) is 38.8 Å². The number of nitrogens with zero attached hydrogens (tertiary/aromatic N) is 1. The van der Waals surface area contributed by atoms with E-state index < -0.39 is 34.8 Å². The minimum atomic E-state index is -1.21. The standard InChI is InChI=1S/C20H20ClF2N3O4/c1-20(2,30)9-24-19(29)17(27)16-15(21)14(13-4-3-7-26(13)16)18(28)25-10-5-6-11(22)12(23)8-10/h5-6,8,30H,3-4,7,9H2,1-2H3,(H,24,29)(H,25,28). The van der Waals surface area contributed by atoms with Crippen LogP contribution in [-0.4, -0.2) is 39.4 Å². The molecule has 1 aliphatic heterocycles. The van der Waals surface area contributed by atoms with Gasteiger partial charge in [0.2, 0.25) is 0 Å². The number of nitrogens with one attached hydrogen (secondary N) is 2. The SMILES string of the molecule is CC(C)(O)CNC(=O)C(=O)c1c(Cl)c(C(=O)Nc2ccc(F)c(F)c2)c2n1CCC2. The molecule has 1 aromatic heterocycles. The van der Waals surface area contributed by atoms with E-state index in [9.17, 15) is 28.3 Å². The largest absolute Gasteiger partial charge is 0.389 e. The smallest absolute Gasteiger partial charge is 0.294 e. The molecule has 0 radical (unpaired) electrons. The number of aliphatic hydroxyl groups is 1. The van der Waals surface area contributed by atoms with Gasteiger partial charge in [0.05, 0.1) is 16.2 Å². The second-order valence-corrected chi connectivity index (χ2v) is 8.02. The molecule has 10 heteroatoms. The van der Waals surface area contributed by atoms with Crippen molar-refractivity contribution in [3.05, 3.63) is 51.8 Å². The van der Waals surface area contributed by atoms with Crippen molar-refractivity contribution >= 4 is 34.9 Å². The second-order valence-electron chi connectivity index (χ2n) is 7.65. The first-order chi connectivity index (χ1) is 14.0. The van der Waals surface area contributed by atoms with Crippen LogP contribution in [0.4, 0.5) is 14.5 Å². The Hall–Kier alpha value is -2.78. The molecule has 0 saturated carbocycles. The summed E-state index contributed by atoms with van der Waals surface area (Å²) in [5.41, 5.74) is -0.816. The third-order valence-electron chi connectivity index (χ3n) is 4.61. The number of aromatic nitrogens is 1. The lowest BCUT2D eigenvalue weighted by Gasteiger charge is -2.17. The van der Waals surface area contributed by atoms with Gasteiger partial charge in [-0.2, -0.15) is 0 Å². The lowest BCUT2D eigenvalue weighted by Crippen LogP contribution is -2.41. The molecule has 3 N–H and O–H groups in total. The van der Waals surface area contributed by atoms with E-state index in [1.165, 1.54) is 24.5 Å². The van der Waals surface area contributed by atoms with Gasteiger partial charge in [-0.25, -0.2) is 8.78 Å². The van der Waals surface area contributed by atoms with Gasteiger partial charge in [0.1, 0.15) is 5.69 Å². The van der Waals surface area contributed by atoms with Crippen LogP contribution < -0.4 is 10.6 Å². The number of fused-ring (bicyclic) bond motifs is 1. The molecule has 0 aliphatic carbocycles. The van der Waals surface area contributed by atoms with Crippen molar-refractivity contribution in [1.82, 2.24) is 9.88 Å². The van der Waals surface area contributed by atoms with Gasteiger partial charge in [0.15, 0.2) is 11.6 Å². The van der Waals surface area contributed by atoms with Crippen molar-refractivity contribution in [2.75, 3.05) is 11.9 Å². The molecule has 1 aliphatic rings. The number of halogens is 3. The van der Waals surface area contributed by atoms with Gasteiger partial charge in [-0.15, -0.1) is 0 Å². The van der Waals surface area contributed by atoms with E-state index in [0.717, 1.165) is 12.1 Å². The number of rotatable bonds is 6. The van der Waals surface area contributed by atoms with Gasteiger partial charge in [0.25, 0.3) is 17.6 Å². The zero-order valence-corrected chi connectivity index (χ0v) is 17.1. The van der Waals surface area contributed by atoms with Gasteiger partial charge >= 0.3 is 0 Å². The minimum absolute atomic E-state index is 0.0116. The Kier molecular flexibility index (Phi) is 5.96. The molecule has 160 valence electrons. The van der Waals surface area contributed by atoms with Crippen LogP contribution in [0.15, 0.2) is 18.2 Å². The van der Waals surface area contributed by atoms with Gasteiger partial charge in [0, 0.05) is 30.5 Å². The van der Waals surface area contributed by atoms with Crippen LogP contribution >= 0.6 is 11.6 Å². The summed E-state index contributed by atoms with van der Waals surface area (Å²) in [5.74, 6) is -4.77. The summed E-state index contributed by atoms with van der Waals surface area (Å²) in [7, 11) is 0. The van der Waals surface area contributed by atoms with Gasteiger partial charge < -0.3 is 20.3 Å². The average Bonchev–Trinajstić information content (AvgIpc) is 3.21. The third-order valence-corrected chi connectivity index (χ3v) is 4.98. The number of anilines is 1. The molecule has 1 aromatic carbocycles. The van der Waals surface area contributed by atoms with Gasteiger partial charge in [-0.05, 0) is 38.8 Å². The first-order valence-electron chi connectivity index (χ1n) is 9.22. The Morgan fingerprint density at radius 2 is 1.93 bits per heavy atom. The van der Waals surface area contributed by atoms with Crippen LogP contribution in [0.25, 0.3) is 0 Å². The van der Waals surface area contributed by atoms with Crippen LogP contribution in [0.2, 0.25) is 5.02 Å². The van der Waals surface area contributed by atoms with Gasteiger partial charge in [-0.1, -0.05) is 11.6 Å². The summed E-state index contributed by atoms with van der Waals surface area (Å²) < 4.78 is 28.0. The highest BCUT2D eigenvalue weighted by Gasteiger charge is 2.34. The number of hydrogen-bond acceptors (Lipinski definition) is 4. The highest BCUT2D eigenvalue weighted by molar-refractivity contribution is 6.48. The monoisotopic (exact) mass is 439 g/mol. The van der Waals surface area contributed by atoms with E-state index in [1.807, 2.05) is 0 Å². The molecule has 0 spiro atoms. The van der Waals surface area contributed by atoms with Crippen LogP contribution in [-0.2, 0) is 17.8 Å². The Morgan fingerprint density at radius 1 is 1.23 bits per heavy atom. The highest BCUT2D eigenvalue weighted by Crippen LogP contribution is 2.34. The molecule has 0 unspecified atom stereocenters. The van der Waals surface area contributed by atoms with Crippen LogP contribution in [0.5, 0.6) is 0 Å². The average molecular weight is 440 g/mol. The van der Waals surface area contributed by atoms with Crippen LogP contribution in [0, 0.1) is 11.6 Å². The first-order valence-corrected chi connectivity index (χ1v) is 9.59. The minimum Gasteiger partial charge on any atom is -0.389 e. The number of benzene rings is 1. The molecular formula is C20H20ClF2N3O4. The summed E-state index contributed by atoms with van der Waals surface area (Å²) in [6, 6.07) is 2.89. The summed E-state index contributed by atoms with van der Waals surface area (Å²) in [6.45, 7) is 3.19. The maximum absolute atomic E-state index is 13.4.